The maximum absolute atomic E-state index is 3.69. The van der Waals surface area contributed by atoms with Crippen molar-refractivity contribution in [3.05, 3.63) is 252 Å². The second-order valence-corrected chi connectivity index (χ2v) is 20.7. The van der Waals surface area contributed by atoms with E-state index in [1.807, 2.05) is 0 Å². The summed E-state index contributed by atoms with van der Waals surface area (Å²) < 4.78 is 0. The van der Waals surface area contributed by atoms with Crippen LogP contribution in [0.15, 0.2) is 275 Å². The minimum absolute atomic E-state index is 1.16. The molecule has 0 aromatic heterocycles. The fourth-order valence-corrected chi connectivity index (χ4v) is 17.6. The first-order valence-corrected chi connectivity index (χ1v) is 22.7. The molecule has 0 nitrogen and oxygen atoms in total. The Morgan fingerprint density at radius 3 is 1.40 bits per heavy atom. The number of fused-ring (bicyclic) bond motifs is 5. The molecule has 57 heavy (non-hydrogen) atoms. The van der Waals surface area contributed by atoms with E-state index in [0.29, 0.717) is 0 Å². The summed E-state index contributed by atoms with van der Waals surface area (Å²) in [6.45, 7) is 0. The van der Waals surface area contributed by atoms with E-state index < -0.39 is 20.1 Å². The fraction of sp³-hybridized carbons (Fsp3) is 0. The summed E-state index contributed by atoms with van der Waals surface area (Å²) >= 11 is 0. The molecule has 0 radical (unpaired) electrons. The van der Waals surface area contributed by atoms with E-state index in [-0.39, 0.29) is 0 Å². The van der Waals surface area contributed by atoms with Gasteiger partial charge in [0.15, 0.2) is 0 Å². The number of hydrogen-bond donors (Lipinski definition) is 0. The molecule has 8 aromatic carbocycles. The highest BCUT2D eigenvalue weighted by atomic mass is 32.3. The summed E-state index contributed by atoms with van der Waals surface area (Å²) in [7, 11) is -3.42. The zero-order valence-electron chi connectivity index (χ0n) is 31.3. The van der Waals surface area contributed by atoms with Gasteiger partial charge in [-0.3, -0.25) is 0 Å². The summed E-state index contributed by atoms with van der Waals surface area (Å²) in [4.78, 5) is 11.0. The average Bonchev–Trinajstić information content (AvgIpc) is 3.62. The molecular formula is C55H38S2. The van der Waals surface area contributed by atoms with Gasteiger partial charge in [-0.15, -0.1) is 25.8 Å². The molecule has 0 N–H and O–H groups in total. The lowest BCUT2D eigenvalue weighted by Gasteiger charge is -2.39. The predicted octanol–water partition coefficient (Wildman–Crippen LogP) is 15.5. The van der Waals surface area contributed by atoms with Gasteiger partial charge in [-0.25, -0.2) is 0 Å². The Kier molecular flexibility index (Phi) is 8.05. The maximum atomic E-state index is 3.69. The molecule has 0 unspecified atom stereocenters. The molecule has 2 heteroatoms. The third kappa shape index (κ3) is 5.05. The van der Waals surface area contributed by atoms with Gasteiger partial charge in [0.25, 0.3) is 0 Å². The van der Waals surface area contributed by atoms with Crippen LogP contribution in [0.2, 0.25) is 0 Å². The summed E-state index contributed by atoms with van der Waals surface area (Å²) in [6.07, 6.45) is 6.86. The van der Waals surface area contributed by atoms with Gasteiger partial charge in [0.2, 0.25) is 0 Å². The Hall–Kier alpha value is -6.54. The SMILES string of the molecule is C1=CC(c2cccc(-c3ccc4c(c3)-c3ccccc3S4(c3ccccc3)c3ccccc3)c2)=CC2=C(C=1)S(c1ccccc1)(c1ccccc1)c1ccccc12. The molecule has 0 atom stereocenters. The van der Waals surface area contributed by atoms with Crippen LogP contribution in [0.1, 0.15) is 11.1 Å². The van der Waals surface area contributed by atoms with Crippen LogP contribution >= 0.6 is 20.1 Å². The maximum Gasteiger partial charge on any atom is 0.0179 e. The second-order valence-electron chi connectivity index (χ2n) is 14.6. The van der Waals surface area contributed by atoms with E-state index in [0.717, 1.165) is 5.57 Å². The van der Waals surface area contributed by atoms with E-state index in [1.165, 1.54) is 78.1 Å². The Labute approximate surface area is 338 Å². The molecule has 3 aliphatic rings. The van der Waals surface area contributed by atoms with E-state index in [4.69, 9.17) is 0 Å². The summed E-state index contributed by atoms with van der Waals surface area (Å²) in [5, 5.41) is 0. The monoisotopic (exact) mass is 762 g/mol. The van der Waals surface area contributed by atoms with Crippen molar-refractivity contribution in [2.45, 2.75) is 34.3 Å². The van der Waals surface area contributed by atoms with Gasteiger partial charge in [-0.2, -0.15) is 0 Å². The van der Waals surface area contributed by atoms with Crippen molar-refractivity contribution < 1.29 is 0 Å². The Balaban J connectivity index is 1.06. The zero-order valence-corrected chi connectivity index (χ0v) is 32.9. The quantitative estimate of drug-likeness (QED) is 0.148. The first kappa shape index (κ1) is 33.8. The van der Waals surface area contributed by atoms with Gasteiger partial charge >= 0.3 is 0 Å². The van der Waals surface area contributed by atoms with Gasteiger partial charge in [0.1, 0.15) is 0 Å². The fourth-order valence-electron chi connectivity index (χ4n) is 9.18. The number of allylic oxidation sites excluding steroid dienone is 4. The average molecular weight is 763 g/mol. The largest absolute Gasteiger partial charge is 0.132 e. The van der Waals surface area contributed by atoms with E-state index in [1.54, 1.807) is 0 Å². The van der Waals surface area contributed by atoms with Gasteiger partial charge in [0.05, 0.1) is 0 Å². The van der Waals surface area contributed by atoms with Crippen molar-refractivity contribution in [3.63, 3.8) is 0 Å². The van der Waals surface area contributed by atoms with Crippen LogP contribution in [0.5, 0.6) is 0 Å². The van der Waals surface area contributed by atoms with Crippen LogP contribution in [0.3, 0.4) is 0 Å². The smallest absolute Gasteiger partial charge is 0.0179 e. The molecule has 2 heterocycles. The Morgan fingerprint density at radius 1 is 0.316 bits per heavy atom. The van der Waals surface area contributed by atoms with E-state index >= 15 is 0 Å². The first-order valence-electron chi connectivity index (χ1n) is 19.5. The molecule has 0 fully saturated rings. The summed E-state index contributed by atoms with van der Waals surface area (Å²) in [5.41, 5.74) is 13.7. The van der Waals surface area contributed by atoms with Gasteiger partial charge < -0.3 is 0 Å². The minimum atomic E-state index is -1.74. The highest BCUT2D eigenvalue weighted by molar-refractivity contribution is 8.37. The minimum Gasteiger partial charge on any atom is -0.132 e. The van der Waals surface area contributed by atoms with Crippen molar-refractivity contribution in [3.8, 4) is 22.3 Å². The molecule has 0 saturated carbocycles. The molecule has 0 spiro atoms. The molecule has 0 bridgehead atoms. The molecule has 0 amide bonds. The van der Waals surface area contributed by atoms with Crippen molar-refractivity contribution in [2.75, 3.05) is 0 Å². The van der Waals surface area contributed by atoms with Crippen LogP contribution in [-0.2, 0) is 0 Å². The van der Waals surface area contributed by atoms with Crippen LogP contribution in [0.25, 0.3) is 33.4 Å². The predicted molar refractivity (Wildman–Crippen MR) is 240 cm³/mol. The summed E-state index contributed by atoms with van der Waals surface area (Å²) in [5.74, 6) is 0. The molecule has 270 valence electrons. The Bertz CT molecular complexity index is 2890. The lowest BCUT2D eigenvalue weighted by Crippen LogP contribution is -2.02. The van der Waals surface area contributed by atoms with E-state index in [9.17, 15) is 0 Å². The molecule has 11 rings (SSSR count). The lowest BCUT2D eigenvalue weighted by atomic mass is 9.95. The molecule has 1 aliphatic carbocycles. The number of hydrogen-bond acceptors (Lipinski definition) is 0. The van der Waals surface area contributed by atoms with Crippen molar-refractivity contribution in [1.29, 1.82) is 0 Å². The second kappa shape index (κ2) is 13.6. The highest BCUT2D eigenvalue weighted by Gasteiger charge is 2.43. The molecule has 0 saturated heterocycles. The number of rotatable bonds is 6. The normalized spacial score (nSPS) is 16.4. The third-order valence-electron chi connectivity index (χ3n) is 11.6. The van der Waals surface area contributed by atoms with Crippen molar-refractivity contribution in [1.82, 2.24) is 0 Å². The van der Waals surface area contributed by atoms with Gasteiger partial charge in [0, 0.05) is 39.2 Å². The van der Waals surface area contributed by atoms with Crippen LogP contribution in [0, 0.1) is 0 Å². The zero-order chi connectivity index (χ0) is 37.8. The topological polar surface area (TPSA) is 0 Å². The third-order valence-corrected chi connectivity index (χ3v) is 19.6. The first-order chi connectivity index (χ1) is 28.3. The van der Waals surface area contributed by atoms with Crippen LogP contribution < -0.4 is 0 Å². The molecule has 8 aromatic rings. The summed E-state index contributed by atoms with van der Waals surface area (Å²) in [6, 6.07) is 78.9. The highest BCUT2D eigenvalue weighted by Crippen LogP contribution is 2.81. The van der Waals surface area contributed by atoms with Crippen LogP contribution in [-0.4, -0.2) is 0 Å². The molecular weight excluding hydrogens is 725 g/mol. The van der Waals surface area contributed by atoms with Gasteiger partial charge in [-0.1, -0.05) is 133 Å². The lowest BCUT2D eigenvalue weighted by molar-refractivity contribution is 1.29. The standard InChI is InChI=1S/C55H38S2/c1-5-22-44(23-6-1)56(45-24-7-2-8-25-45)52-32-15-13-30-48(52)50-38-42(21-18-34-54(50)56)40-19-17-20-41(37-40)43-35-36-55-51(39-43)49-31-14-16-33-53(49)57(55,46-26-9-3-10-27-46)47-28-11-4-12-29-47/h1-17,19-39H. The van der Waals surface area contributed by atoms with Crippen molar-refractivity contribution in [2.24, 2.45) is 0 Å². The van der Waals surface area contributed by atoms with Gasteiger partial charge in [-0.05, 0) is 142 Å². The van der Waals surface area contributed by atoms with Crippen molar-refractivity contribution >= 4 is 31.2 Å². The van der Waals surface area contributed by atoms with E-state index in [2.05, 4.69) is 236 Å². The van der Waals surface area contributed by atoms with Crippen LogP contribution in [0.4, 0.5) is 0 Å². The number of benzene rings is 8. The molecule has 2 aliphatic heterocycles. The Morgan fingerprint density at radius 2 is 0.789 bits per heavy atom.